The van der Waals surface area contributed by atoms with Crippen LogP contribution in [0.1, 0.15) is 38.4 Å². The molecule has 2 amide bonds. The van der Waals surface area contributed by atoms with Gasteiger partial charge in [0.05, 0.1) is 4.88 Å². The molecule has 3 aromatic rings. The minimum absolute atomic E-state index is 0.0807. The predicted octanol–water partition coefficient (Wildman–Crippen LogP) is 4.40. The van der Waals surface area contributed by atoms with E-state index in [1.807, 2.05) is 52.7 Å². The van der Waals surface area contributed by atoms with Gasteiger partial charge in [-0.15, -0.1) is 11.3 Å². The van der Waals surface area contributed by atoms with Crippen LogP contribution >= 0.6 is 11.3 Å². The molecule has 0 spiro atoms. The number of piperidine rings is 1. The van der Waals surface area contributed by atoms with Gasteiger partial charge in [0.1, 0.15) is 11.9 Å². The zero-order chi connectivity index (χ0) is 21.5. The molecular formula is C25H26N2O3S. The van der Waals surface area contributed by atoms with Crippen LogP contribution < -0.4 is 10.1 Å². The zero-order valence-corrected chi connectivity index (χ0v) is 18.1. The summed E-state index contributed by atoms with van der Waals surface area (Å²) in [4.78, 5) is 27.5. The van der Waals surface area contributed by atoms with Gasteiger partial charge in [0.25, 0.3) is 11.8 Å². The normalized spacial score (nSPS) is 14.3. The van der Waals surface area contributed by atoms with Crippen LogP contribution in [0.25, 0.3) is 0 Å². The van der Waals surface area contributed by atoms with Crippen molar-refractivity contribution in [2.45, 2.75) is 25.4 Å². The number of hydrogen-bond donors (Lipinski definition) is 1. The molecule has 0 bridgehead atoms. The molecule has 5 nitrogen and oxygen atoms in total. The van der Waals surface area contributed by atoms with Crippen LogP contribution in [0.5, 0.6) is 5.75 Å². The minimum atomic E-state index is -0.0807. The average Bonchev–Trinajstić information content (AvgIpc) is 3.35. The van der Waals surface area contributed by atoms with Crippen molar-refractivity contribution in [2.24, 2.45) is 0 Å². The second-order valence-electron chi connectivity index (χ2n) is 7.60. The molecule has 0 radical (unpaired) electrons. The van der Waals surface area contributed by atoms with Crippen molar-refractivity contribution >= 4 is 23.2 Å². The number of thiophene rings is 1. The Balaban J connectivity index is 1.21. The maximum Gasteiger partial charge on any atom is 0.263 e. The average molecular weight is 435 g/mol. The summed E-state index contributed by atoms with van der Waals surface area (Å²) in [5.41, 5.74) is 1.83. The van der Waals surface area contributed by atoms with Gasteiger partial charge in [0.2, 0.25) is 0 Å². The van der Waals surface area contributed by atoms with Gasteiger partial charge in [-0.2, -0.15) is 0 Å². The molecule has 160 valence electrons. The molecular weight excluding hydrogens is 408 g/mol. The Labute approximate surface area is 186 Å². The van der Waals surface area contributed by atoms with Gasteiger partial charge in [-0.25, -0.2) is 0 Å². The molecule has 2 heterocycles. The lowest BCUT2D eigenvalue weighted by Crippen LogP contribution is -2.41. The third kappa shape index (κ3) is 5.73. The number of benzene rings is 2. The summed E-state index contributed by atoms with van der Waals surface area (Å²) in [5, 5.41) is 4.89. The Bertz CT molecular complexity index is 979. The molecule has 1 aromatic heterocycles. The number of likely N-dealkylation sites (tertiary alicyclic amines) is 1. The van der Waals surface area contributed by atoms with Crippen LogP contribution in [0, 0.1) is 0 Å². The van der Waals surface area contributed by atoms with Crippen molar-refractivity contribution in [3.8, 4) is 5.75 Å². The van der Waals surface area contributed by atoms with E-state index in [2.05, 4.69) is 17.4 Å². The van der Waals surface area contributed by atoms with Crippen molar-refractivity contribution < 1.29 is 14.3 Å². The highest BCUT2D eigenvalue weighted by Gasteiger charge is 2.25. The fraction of sp³-hybridized carbons (Fsp3) is 0.280. The maximum absolute atomic E-state index is 12.4. The topological polar surface area (TPSA) is 58.6 Å². The lowest BCUT2D eigenvalue weighted by Gasteiger charge is -2.32. The quantitative estimate of drug-likeness (QED) is 0.599. The van der Waals surface area contributed by atoms with Crippen molar-refractivity contribution in [1.82, 2.24) is 10.2 Å². The molecule has 1 fully saturated rings. The number of carbonyl (C=O) groups excluding carboxylic acids is 2. The van der Waals surface area contributed by atoms with E-state index in [1.165, 1.54) is 16.9 Å². The number of amides is 2. The van der Waals surface area contributed by atoms with Crippen LogP contribution in [0.2, 0.25) is 0 Å². The summed E-state index contributed by atoms with van der Waals surface area (Å²) in [5.74, 6) is 0.780. The number of rotatable bonds is 7. The van der Waals surface area contributed by atoms with Gasteiger partial charge >= 0.3 is 0 Å². The Kier molecular flexibility index (Phi) is 6.99. The lowest BCUT2D eigenvalue weighted by molar-refractivity contribution is 0.0600. The van der Waals surface area contributed by atoms with Crippen molar-refractivity contribution in [3.05, 3.63) is 88.1 Å². The van der Waals surface area contributed by atoms with Gasteiger partial charge in [-0.1, -0.05) is 36.4 Å². The zero-order valence-electron chi connectivity index (χ0n) is 17.3. The smallest absolute Gasteiger partial charge is 0.263 e. The molecule has 1 aliphatic rings. The van der Waals surface area contributed by atoms with Crippen LogP contribution in [-0.2, 0) is 6.42 Å². The summed E-state index contributed by atoms with van der Waals surface area (Å²) in [7, 11) is 0. The first-order valence-corrected chi connectivity index (χ1v) is 11.5. The SMILES string of the molecule is O=C(NCCc1ccccc1)c1ccc(OC2CCN(C(=O)c3cccs3)CC2)cc1. The summed E-state index contributed by atoms with van der Waals surface area (Å²) < 4.78 is 6.08. The number of nitrogens with one attached hydrogen (secondary N) is 1. The first kappa shape index (κ1) is 21.1. The largest absolute Gasteiger partial charge is 0.490 e. The van der Waals surface area contributed by atoms with E-state index >= 15 is 0 Å². The molecule has 1 aliphatic heterocycles. The van der Waals surface area contributed by atoms with Gasteiger partial charge in [0.15, 0.2) is 0 Å². The van der Waals surface area contributed by atoms with E-state index in [9.17, 15) is 9.59 Å². The number of carbonyl (C=O) groups is 2. The Morgan fingerprint density at radius 3 is 2.39 bits per heavy atom. The Morgan fingerprint density at radius 2 is 1.71 bits per heavy atom. The van der Waals surface area contributed by atoms with Crippen LogP contribution in [0.4, 0.5) is 0 Å². The van der Waals surface area contributed by atoms with Crippen molar-refractivity contribution in [1.29, 1.82) is 0 Å². The molecule has 1 N–H and O–H groups in total. The Hall–Kier alpha value is -3.12. The minimum Gasteiger partial charge on any atom is -0.490 e. The molecule has 6 heteroatoms. The summed E-state index contributed by atoms with van der Waals surface area (Å²) in [6, 6.07) is 21.1. The fourth-order valence-corrected chi connectivity index (χ4v) is 4.37. The standard InChI is InChI=1S/C25H26N2O3S/c28-24(26-15-12-19-5-2-1-3-6-19)20-8-10-21(11-9-20)30-22-13-16-27(17-14-22)25(29)23-7-4-18-31-23/h1-11,18,22H,12-17H2,(H,26,28). The summed E-state index contributed by atoms with van der Waals surface area (Å²) in [6.07, 6.45) is 2.50. The van der Waals surface area contributed by atoms with Gasteiger partial charge in [0, 0.05) is 38.0 Å². The van der Waals surface area contributed by atoms with Gasteiger partial charge < -0.3 is 15.0 Å². The second-order valence-corrected chi connectivity index (χ2v) is 8.55. The molecule has 1 saturated heterocycles. The molecule has 31 heavy (non-hydrogen) atoms. The highest BCUT2D eigenvalue weighted by atomic mass is 32.1. The van der Waals surface area contributed by atoms with Crippen molar-refractivity contribution in [2.75, 3.05) is 19.6 Å². The van der Waals surface area contributed by atoms with E-state index in [0.717, 1.165) is 29.9 Å². The third-order valence-electron chi connectivity index (χ3n) is 5.42. The molecule has 0 saturated carbocycles. The van der Waals surface area contributed by atoms with Crippen molar-refractivity contribution in [3.63, 3.8) is 0 Å². The predicted molar refractivity (Wildman–Crippen MR) is 123 cm³/mol. The van der Waals surface area contributed by atoms with E-state index in [1.54, 1.807) is 12.1 Å². The molecule has 2 aromatic carbocycles. The van der Waals surface area contributed by atoms with E-state index in [-0.39, 0.29) is 17.9 Å². The van der Waals surface area contributed by atoms with E-state index in [4.69, 9.17) is 4.74 Å². The maximum atomic E-state index is 12.4. The van der Waals surface area contributed by atoms with E-state index in [0.29, 0.717) is 25.2 Å². The van der Waals surface area contributed by atoms with Gasteiger partial charge in [-0.05, 0) is 47.7 Å². The van der Waals surface area contributed by atoms with Gasteiger partial charge in [-0.3, -0.25) is 9.59 Å². The second kappa shape index (κ2) is 10.3. The fourth-order valence-electron chi connectivity index (χ4n) is 3.68. The Morgan fingerprint density at radius 1 is 0.968 bits per heavy atom. The molecule has 0 atom stereocenters. The van der Waals surface area contributed by atoms with Crippen LogP contribution in [0.15, 0.2) is 72.1 Å². The molecule has 0 aliphatic carbocycles. The van der Waals surface area contributed by atoms with Crippen LogP contribution in [0.3, 0.4) is 0 Å². The first-order valence-electron chi connectivity index (χ1n) is 10.6. The molecule has 4 rings (SSSR count). The number of ether oxygens (including phenoxy) is 1. The highest BCUT2D eigenvalue weighted by molar-refractivity contribution is 7.12. The number of nitrogens with zero attached hydrogens (tertiary/aromatic N) is 1. The van der Waals surface area contributed by atoms with Crippen LogP contribution in [-0.4, -0.2) is 42.5 Å². The lowest BCUT2D eigenvalue weighted by atomic mass is 10.1. The first-order chi connectivity index (χ1) is 15.2. The molecule has 0 unspecified atom stereocenters. The highest BCUT2D eigenvalue weighted by Crippen LogP contribution is 2.22. The van der Waals surface area contributed by atoms with E-state index < -0.39 is 0 Å². The third-order valence-corrected chi connectivity index (χ3v) is 6.28. The number of hydrogen-bond acceptors (Lipinski definition) is 4. The monoisotopic (exact) mass is 434 g/mol. The summed E-state index contributed by atoms with van der Waals surface area (Å²) >= 11 is 1.48. The summed E-state index contributed by atoms with van der Waals surface area (Å²) in [6.45, 7) is 2.00.